The van der Waals surface area contributed by atoms with Gasteiger partial charge < -0.3 is 56.8 Å². The van der Waals surface area contributed by atoms with Crippen molar-refractivity contribution < 1.29 is 156 Å². The molecule has 4 amide bonds. The van der Waals surface area contributed by atoms with Gasteiger partial charge in [-0.25, -0.2) is 25.3 Å². The average Bonchev–Trinajstić information content (AvgIpc) is 3.56. The molecule has 89 heavy (non-hydrogen) atoms. The molecule has 1 aliphatic heterocycles. The zero-order valence-electron chi connectivity index (χ0n) is 47.9. The van der Waals surface area contributed by atoms with Crippen LogP contribution in [0.2, 0.25) is 0 Å². The quantitative estimate of drug-likeness (QED) is 0.0534. The molecule has 25 nitrogen and oxygen atoms in total. The third kappa shape index (κ3) is 36.4. The Labute approximate surface area is 538 Å². The van der Waals surface area contributed by atoms with Crippen molar-refractivity contribution in [2.24, 2.45) is 0 Å². The summed E-state index contributed by atoms with van der Waals surface area (Å²) in [6.07, 6.45) is 0. The van der Waals surface area contributed by atoms with Crippen molar-refractivity contribution in [2.75, 3.05) is 78.5 Å². The maximum absolute atomic E-state index is 13.6. The molecule has 0 saturated carbocycles. The molecular formula is C51H73F9LuN8O17S3+. The minimum atomic E-state index is -6.09. The van der Waals surface area contributed by atoms with Crippen LogP contribution in [0.15, 0.2) is 121 Å². The summed E-state index contributed by atoms with van der Waals surface area (Å²) in [5, 5.41) is 12.6. The number of halogens is 9. The van der Waals surface area contributed by atoms with Gasteiger partial charge in [-0.15, -0.1) is 0 Å². The molecule has 5 rings (SSSR count). The van der Waals surface area contributed by atoms with E-state index in [2.05, 4.69) is 40.9 Å². The van der Waals surface area contributed by atoms with Gasteiger partial charge in [0.05, 0.1) is 50.3 Å². The first-order valence-electron chi connectivity index (χ1n) is 25.1. The molecule has 1 fully saturated rings. The number of amides is 4. The van der Waals surface area contributed by atoms with Crippen molar-refractivity contribution in [3.05, 3.63) is 144 Å². The topological polar surface area (TPSA) is 428 Å². The molecule has 514 valence electrons. The number of hydrogen-bond acceptors (Lipinski definition) is 17. The van der Waals surface area contributed by atoms with Gasteiger partial charge in [-0.05, 0) is 49.9 Å². The van der Waals surface area contributed by atoms with Crippen molar-refractivity contribution in [2.45, 2.75) is 68.4 Å². The Morgan fingerprint density at radius 1 is 0.371 bits per heavy atom. The minimum Gasteiger partial charge on any atom is -0.741 e. The third-order valence-electron chi connectivity index (χ3n) is 12.0. The predicted octanol–water partition coefficient (Wildman–Crippen LogP) is 1.48. The number of nitrogens with zero attached hydrogens (tertiary/aromatic N) is 4. The first-order chi connectivity index (χ1) is 38.8. The molecule has 0 aromatic heterocycles. The first kappa shape index (κ1) is 90.2. The van der Waals surface area contributed by atoms with Crippen molar-refractivity contribution in [1.29, 1.82) is 0 Å². The van der Waals surface area contributed by atoms with Gasteiger partial charge in [-0.2, -0.15) is 39.5 Å². The van der Waals surface area contributed by atoms with Crippen LogP contribution in [0.25, 0.3) is 0 Å². The van der Waals surface area contributed by atoms with Gasteiger partial charge in [0.15, 0.2) is 30.4 Å². The molecule has 1 aliphatic rings. The fraction of sp³-hybridized carbons (Fsp3) is 0.451. The fourth-order valence-corrected chi connectivity index (χ4v) is 7.47. The third-order valence-corrected chi connectivity index (χ3v) is 13.7. The fourth-order valence-electron chi connectivity index (χ4n) is 7.47. The van der Waals surface area contributed by atoms with E-state index in [9.17, 15) is 58.7 Å². The second-order valence-corrected chi connectivity index (χ2v) is 22.7. The van der Waals surface area contributed by atoms with Crippen LogP contribution in [0.5, 0.6) is 0 Å². The Hall–Kier alpha value is -5.23. The van der Waals surface area contributed by atoms with E-state index in [0.29, 0.717) is 52.4 Å². The summed E-state index contributed by atoms with van der Waals surface area (Å²) in [4.78, 5) is 62.7. The van der Waals surface area contributed by atoms with E-state index in [1.807, 2.05) is 149 Å². The summed E-state index contributed by atoms with van der Waals surface area (Å²) in [6.45, 7) is 12.8. The molecule has 0 spiro atoms. The molecule has 4 atom stereocenters. The molecule has 0 radical (unpaired) electrons. The van der Waals surface area contributed by atoms with Gasteiger partial charge in [-0.1, -0.05) is 121 Å². The van der Waals surface area contributed by atoms with E-state index in [0.717, 1.165) is 22.3 Å². The Morgan fingerprint density at radius 3 is 0.607 bits per heavy atom. The number of carbonyl (C=O) groups is 4. The Kier molecular flexibility index (Phi) is 42.6. The summed E-state index contributed by atoms with van der Waals surface area (Å²) in [5.41, 5.74) is -12.8. The van der Waals surface area contributed by atoms with Crippen LogP contribution in [0.4, 0.5) is 39.5 Å². The maximum atomic E-state index is 13.6. The second-order valence-electron chi connectivity index (χ2n) is 18.6. The number of benzene rings is 4. The Morgan fingerprint density at radius 2 is 0.494 bits per heavy atom. The van der Waals surface area contributed by atoms with Crippen LogP contribution in [-0.4, -0.2) is 194 Å². The van der Waals surface area contributed by atoms with Crippen LogP contribution < -0.4 is 21.3 Å². The average molecular weight is 1510 g/mol. The van der Waals surface area contributed by atoms with Crippen LogP contribution in [-0.2, 0) is 55.0 Å². The summed E-state index contributed by atoms with van der Waals surface area (Å²) < 4.78 is 177. The van der Waals surface area contributed by atoms with Crippen molar-refractivity contribution >= 4 is 54.0 Å². The first-order valence-corrected chi connectivity index (χ1v) is 29.3. The van der Waals surface area contributed by atoms with E-state index in [-0.39, 0.29) is 133 Å². The van der Waals surface area contributed by atoms with Crippen LogP contribution in [0.3, 0.4) is 0 Å². The number of alkyl halides is 9. The predicted molar refractivity (Wildman–Crippen MR) is 301 cm³/mol. The van der Waals surface area contributed by atoms with Gasteiger partial charge in [0.2, 0.25) is 23.6 Å². The molecule has 4 aromatic rings. The normalized spacial score (nSPS) is 15.3. The van der Waals surface area contributed by atoms with Crippen molar-refractivity contribution in [3.8, 4) is 0 Å². The van der Waals surface area contributed by atoms with Crippen molar-refractivity contribution in [3.63, 3.8) is 0 Å². The summed E-state index contributed by atoms with van der Waals surface area (Å²) in [7, 11) is -18.3. The molecule has 1 heterocycles. The molecule has 4 aromatic carbocycles. The van der Waals surface area contributed by atoms with Crippen LogP contribution in [0, 0.1) is 36.9 Å². The zero-order chi connectivity index (χ0) is 63.7. The van der Waals surface area contributed by atoms with Gasteiger partial charge in [0.1, 0.15) is 0 Å². The second kappa shape index (κ2) is 42.0. The molecule has 13 N–H and O–H groups in total. The number of hydrogen-bond donors (Lipinski definition) is 4. The van der Waals surface area contributed by atoms with Gasteiger partial charge in [-0.3, -0.25) is 38.8 Å². The largest absolute Gasteiger partial charge is 3.00 e. The molecule has 0 unspecified atom stereocenters. The summed E-state index contributed by atoms with van der Waals surface area (Å²) in [6, 6.07) is 38.9. The SMILES string of the molecule is C[C@@H](NC(=O)CN1CCN(CC(=O)N[C@H](C)c2ccccc2)CCN(CC(=O)N[C@H](C)c2ccccc2)CCN(CC(=O)N[C@H](C)c2ccccc2)CC1)c1ccccc1.O.O.O.O=S(=O)([O-])C(F)(F)F.O=S(=O)([O-])C(F)(F)F.O=S(=O)([O-])C(F)(F)F.[Lu+3].[OH3+]. The molecule has 38 heteroatoms. The molecule has 0 bridgehead atoms. The van der Waals surface area contributed by atoms with Gasteiger partial charge in [0, 0.05) is 52.4 Å². The Balaban J connectivity index is -0.00000105. The number of carbonyl (C=O) groups excluding carboxylic acids is 4. The summed E-state index contributed by atoms with van der Waals surface area (Å²) in [5.74, 6) is -0.380. The zero-order valence-corrected chi connectivity index (χ0v) is 52.0. The maximum Gasteiger partial charge on any atom is 3.00 e. The number of nitrogens with one attached hydrogen (secondary N) is 4. The van der Waals surface area contributed by atoms with E-state index in [1.165, 1.54) is 0 Å². The monoisotopic (exact) mass is 1510 g/mol. The molecule has 0 aliphatic carbocycles. The van der Waals surface area contributed by atoms with E-state index >= 15 is 0 Å². The van der Waals surface area contributed by atoms with Gasteiger partial charge >= 0.3 is 53.4 Å². The smallest absolute Gasteiger partial charge is 0.741 e. The Bertz CT molecular complexity index is 2620. The van der Waals surface area contributed by atoms with E-state index in [1.54, 1.807) is 0 Å². The summed E-state index contributed by atoms with van der Waals surface area (Å²) >= 11 is 0. The van der Waals surface area contributed by atoms with Crippen LogP contribution in [0.1, 0.15) is 74.1 Å². The van der Waals surface area contributed by atoms with Crippen LogP contribution >= 0.6 is 0 Å². The van der Waals surface area contributed by atoms with Gasteiger partial charge in [0.25, 0.3) is 0 Å². The van der Waals surface area contributed by atoms with Crippen molar-refractivity contribution in [1.82, 2.24) is 40.9 Å². The standard InChI is InChI=1S/C48H64N8O4.3CHF3O3S.Lu.4H2O/c1-37(41-17-9-5-10-18-41)49-45(57)33-53-25-27-54(34-46(58)50-38(2)42-19-11-6-12-20-42)29-31-56(36-48(60)52-40(4)44-23-15-8-16-24-44)32-30-55(28-26-53)35-47(59)51-39(3)43-21-13-7-14-22-43;3*2-1(3,4)8(5,6)7;;;;;/h5-24,37-40H,25-36H2,1-4H3,(H,49,57)(H,50,58)(H,51,59)(H,52,60);3*(H,5,6,7);;4*1H2/q;;;;+3;;;;/p-2/t37-,38-,39-,40-;;;;;;;;/m1......../s1. The number of rotatable bonds is 16. The molecular weight excluding hydrogens is 1440 g/mol. The minimum absolute atomic E-state index is 0. The van der Waals surface area contributed by atoms with E-state index in [4.69, 9.17) is 38.9 Å². The van der Waals surface area contributed by atoms with E-state index < -0.39 is 46.9 Å². The molecule has 1 saturated heterocycles.